The first-order valence-corrected chi connectivity index (χ1v) is 4.79. The highest BCUT2D eigenvalue weighted by molar-refractivity contribution is 5.45. The van der Waals surface area contributed by atoms with Gasteiger partial charge in [-0.15, -0.1) is 0 Å². The van der Waals surface area contributed by atoms with Crippen LogP contribution in [0.4, 0.5) is 0 Å². The van der Waals surface area contributed by atoms with Gasteiger partial charge in [0.2, 0.25) is 0 Å². The molecular formula is C13H15+. The molecule has 0 amide bonds. The van der Waals surface area contributed by atoms with Crippen LogP contribution in [0.2, 0.25) is 0 Å². The lowest BCUT2D eigenvalue weighted by molar-refractivity contribution is 0.544. The average molecular weight is 171 g/mol. The largest absolute Gasteiger partial charge is 0.103 e. The van der Waals surface area contributed by atoms with Gasteiger partial charge in [-0.25, -0.2) is 0 Å². The van der Waals surface area contributed by atoms with Crippen molar-refractivity contribution in [2.24, 2.45) is 5.41 Å². The molecule has 0 unspecified atom stereocenters. The fourth-order valence-corrected chi connectivity index (χ4v) is 1.89. The van der Waals surface area contributed by atoms with Gasteiger partial charge >= 0.3 is 0 Å². The van der Waals surface area contributed by atoms with Crippen LogP contribution < -0.4 is 0 Å². The molecule has 2 aliphatic rings. The molecule has 0 atom stereocenters. The molecule has 0 spiro atoms. The third-order valence-corrected chi connectivity index (χ3v) is 2.96. The summed E-state index contributed by atoms with van der Waals surface area (Å²) in [6.07, 6.45) is 16.4. The minimum absolute atomic E-state index is 0.201. The number of allylic oxidation sites excluding steroid dienone is 8. The lowest BCUT2D eigenvalue weighted by atomic mass is 9.77. The molecule has 0 saturated carbocycles. The van der Waals surface area contributed by atoms with Gasteiger partial charge in [-0.05, 0) is 25.8 Å². The molecule has 2 rings (SSSR count). The van der Waals surface area contributed by atoms with Crippen molar-refractivity contribution in [1.82, 2.24) is 0 Å². The van der Waals surface area contributed by atoms with E-state index in [9.17, 15) is 0 Å². The summed E-state index contributed by atoms with van der Waals surface area (Å²) in [7, 11) is 0. The first kappa shape index (κ1) is 8.43. The van der Waals surface area contributed by atoms with Crippen molar-refractivity contribution in [1.29, 1.82) is 0 Å². The van der Waals surface area contributed by atoms with Crippen LogP contribution in [0.15, 0.2) is 47.6 Å². The fourth-order valence-electron chi connectivity index (χ4n) is 1.89. The van der Waals surface area contributed by atoms with Crippen molar-refractivity contribution in [2.75, 3.05) is 0 Å². The molecule has 0 heterocycles. The Labute approximate surface area is 80.3 Å². The Morgan fingerprint density at radius 3 is 2.77 bits per heavy atom. The third-order valence-electron chi connectivity index (χ3n) is 2.96. The van der Waals surface area contributed by atoms with E-state index < -0.39 is 0 Å². The second kappa shape index (κ2) is 2.95. The van der Waals surface area contributed by atoms with Gasteiger partial charge in [0.05, 0.1) is 23.6 Å². The van der Waals surface area contributed by atoms with Crippen molar-refractivity contribution < 1.29 is 0 Å². The Balaban J connectivity index is 2.24. The molecule has 0 aliphatic heterocycles. The van der Waals surface area contributed by atoms with Crippen LogP contribution in [0.5, 0.6) is 0 Å². The highest BCUT2D eigenvalue weighted by Gasteiger charge is 2.33. The van der Waals surface area contributed by atoms with E-state index in [1.54, 1.807) is 0 Å². The minimum Gasteiger partial charge on any atom is -0.0804 e. The van der Waals surface area contributed by atoms with E-state index >= 15 is 0 Å². The normalized spacial score (nSPS) is 20.2. The van der Waals surface area contributed by atoms with Gasteiger partial charge in [-0.3, -0.25) is 0 Å². The number of hydrogen-bond donors (Lipinski definition) is 0. The van der Waals surface area contributed by atoms with Gasteiger partial charge in [-0.2, -0.15) is 0 Å². The highest BCUT2D eigenvalue weighted by Crippen LogP contribution is 2.40. The topological polar surface area (TPSA) is 0 Å². The second-order valence-electron chi connectivity index (χ2n) is 4.12. The third kappa shape index (κ3) is 1.37. The fraction of sp³-hybridized carbons (Fsp3) is 0.308. The van der Waals surface area contributed by atoms with Gasteiger partial charge in [0.1, 0.15) is 5.57 Å². The van der Waals surface area contributed by atoms with Crippen molar-refractivity contribution in [3.63, 3.8) is 0 Å². The Bertz CT molecular complexity index is 322. The quantitative estimate of drug-likeness (QED) is 0.557. The van der Waals surface area contributed by atoms with E-state index in [4.69, 9.17) is 0 Å². The lowest BCUT2D eigenvalue weighted by Crippen LogP contribution is -2.15. The van der Waals surface area contributed by atoms with Crippen LogP contribution in [-0.4, -0.2) is 0 Å². The summed E-state index contributed by atoms with van der Waals surface area (Å²) in [6, 6.07) is 0. The van der Waals surface area contributed by atoms with Crippen molar-refractivity contribution in [2.45, 2.75) is 20.3 Å². The Morgan fingerprint density at radius 2 is 2.23 bits per heavy atom. The summed E-state index contributed by atoms with van der Waals surface area (Å²) < 4.78 is 0. The summed E-state index contributed by atoms with van der Waals surface area (Å²) in [5.41, 5.74) is 3.13. The van der Waals surface area contributed by atoms with E-state index in [0.717, 1.165) is 6.42 Å². The van der Waals surface area contributed by atoms with Gasteiger partial charge in [-0.1, -0.05) is 18.2 Å². The number of hydrogen-bond acceptors (Lipinski definition) is 0. The monoisotopic (exact) mass is 171 g/mol. The van der Waals surface area contributed by atoms with Crippen LogP contribution in [0, 0.1) is 11.8 Å². The summed E-state index contributed by atoms with van der Waals surface area (Å²) in [4.78, 5) is 0. The molecule has 66 valence electrons. The molecule has 0 aromatic heterocycles. The van der Waals surface area contributed by atoms with E-state index in [1.807, 2.05) is 0 Å². The summed E-state index contributed by atoms with van der Waals surface area (Å²) in [5, 5.41) is 0. The summed E-state index contributed by atoms with van der Waals surface area (Å²) in [6.45, 7) is 4.59. The van der Waals surface area contributed by atoms with E-state index in [0.29, 0.717) is 0 Å². The minimum atomic E-state index is 0.201. The molecule has 0 aromatic carbocycles. The zero-order chi connectivity index (χ0) is 9.31. The predicted molar refractivity (Wildman–Crippen MR) is 57.1 cm³/mol. The first-order valence-electron chi connectivity index (χ1n) is 4.79. The van der Waals surface area contributed by atoms with Crippen LogP contribution >= 0.6 is 0 Å². The van der Waals surface area contributed by atoms with Crippen molar-refractivity contribution >= 4 is 0 Å². The molecule has 0 aromatic rings. The summed E-state index contributed by atoms with van der Waals surface area (Å²) >= 11 is 0. The van der Waals surface area contributed by atoms with Crippen LogP contribution in [0.3, 0.4) is 0 Å². The molecule has 0 nitrogen and oxygen atoms in total. The maximum Gasteiger partial charge on any atom is 0.103 e. The van der Waals surface area contributed by atoms with E-state index in [1.165, 1.54) is 11.1 Å². The molecule has 0 radical (unpaired) electrons. The molecule has 0 fully saturated rings. The standard InChI is InChI=1S/C13H15/c1-13(2,11-7-3-4-8-11)12-9-5-6-10-12/h3-9H,10H2,1-2H3/q+1. The van der Waals surface area contributed by atoms with Crippen molar-refractivity contribution in [3.8, 4) is 0 Å². The van der Waals surface area contributed by atoms with Gasteiger partial charge in [0.25, 0.3) is 0 Å². The van der Waals surface area contributed by atoms with Crippen LogP contribution in [0.1, 0.15) is 20.3 Å². The molecule has 0 saturated heterocycles. The van der Waals surface area contributed by atoms with Crippen molar-refractivity contribution in [3.05, 3.63) is 54.0 Å². The van der Waals surface area contributed by atoms with E-state index in [2.05, 4.69) is 56.7 Å². The van der Waals surface area contributed by atoms with Gasteiger partial charge < -0.3 is 0 Å². The SMILES string of the molecule is CC(C)(C1=C[CH+]C=C1)C1=CC=CC1. The molecular weight excluding hydrogens is 156 g/mol. The average Bonchev–Trinajstić information content (AvgIpc) is 2.78. The maximum absolute atomic E-state index is 2.29. The Hall–Kier alpha value is -1.17. The first-order chi connectivity index (χ1) is 6.21. The second-order valence-corrected chi connectivity index (χ2v) is 4.12. The molecule has 0 bridgehead atoms. The molecule has 0 N–H and O–H groups in total. The highest BCUT2D eigenvalue weighted by atomic mass is 14.3. The molecule has 2 aliphatic carbocycles. The van der Waals surface area contributed by atoms with Gasteiger partial charge in [0.15, 0.2) is 0 Å². The zero-order valence-electron chi connectivity index (χ0n) is 8.25. The maximum atomic E-state index is 2.29. The summed E-state index contributed by atoms with van der Waals surface area (Å²) in [5.74, 6) is 0. The lowest BCUT2D eigenvalue weighted by Gasteiger charge is -2.21. The molecule has 0 heteroatoms. The predicted octanol–water partition coefficient (Wildman–Crippen LogP) is 3.60. The zero-order valence-corrected chi connectivity index (χ0v) is 8.25. The van der Waals surface area contributed by atoms with Gasteiger partial charge in [0, 0.05) is 6.42 Å². The Morgan fingerprint density at radius 1 is 1.38 bits per heavy atom. The number of rotatable bonds is 2. The van der Waals surface area contributed by atoms with E-state index in [-0.39, 0.29) is 5.41 Å². The Kier molecular flexibility index (Phi) is 1.91. The van der Waals surface area contributed by atoms with Crippen LogP contribution in [0.25, 0.3) is 0 Å². The smallest absolute Gasteiger partial charge is 0.0804 e. The molecule has 13 heavy (non-hydrogen) atoms. The van der Waals surface area contributed by atoms with Crippen LogP contribution in [-0.2, 0) is 0 Å².